The molecule has 2 aromatic carbocycles. The van der Waals surface area contributed by atoms with Crippen molar-refractivity contribution in [2.45, 2.75) is 52.5 Å². The molecule has 164 valence electrons. The molecule has 0 aliphatic carbocycles. The molecule has 0 spiro atoms. The van der Waals surface area contributed by atoms with E-state index < -0.39 is 11.7 Å². The highest BCUT2D eigenvalue weighted by molar-refractivity contribution is 5.74. The van der Waals surface area contributed by atoms with E-state index in [0.29, 0.717) is 19.8 Å². The molecule has 1 atom stereocenters. The average molecular weight is 414 g/mol. The van der Waals surface area contributed by atoms with Crippen LogP contribution in [-0.2, 0) is 32.1 Å². The number of nitrogens with zero attached hydrogens (tertiary/aromatic N) is 1. The van der Waals surface area contributed by atoms with E-state index in [1.165, 1.54) is 11.1 Å². The van der Waals surface area contributed by atoms with Gasteiger partial charge in [-0.15, -0.1) is 0 Å². The minimum absolute atomic E-state index is 0.348. The Balaban J connectivity index is 1.72. The lowest BCUT2D eigenvalue weighted by molar-refractivity contribution is -0.168. The van der Waals surface area contributed by atoms with Gasteiger partial charge in [-0.3, -0.25) is 4.90 Å². The maximum atomic E-state index is 11.9. The van der Waals surface area contributed by atoms with Crippen LogP contribution in [0.3, 0.4) is 0 Å². The van der Waals surface area contributed by atoms with Gasteiger partial charge in [-0.1, -0.05) is 60.7 Å². The van der Waals surface area contributed by atoms with E-state index in [-0.39, 0.29) is 5.97 Å². The molecule has 0 saturated heterocycles. The summed E-state index contributed by atoms with van der Waals surface area (Å²) in [5, 5.41) is 0. The number of ether oxygens (including phenoxy) is 3. The Bertz CT molecular complexity index is 686. The van der Waals surface area contributed by atoms with Crippen molar-refractivity contribution >= 4 is 5.97 Å². The fourth-order valence-electron chi connectivity index (χ4n) is 2.93. The van der Waals surface area contributed by atoms with E-state index in [2.05, 4.69) is 53.4 Å². The van der Waals surface area contributed by atoms with Gasteiger partial charge >= 0.3 is 5.97 Å². The number of rotatable bonds is 12. The van der Waals surface area contributed by atoms with Crippen LogP contribution in [0.5, 0.6) is 0 Å². The van der Waals surface area contributed by atoms with Gasteiger partial charge in [0.1, 0.15) is 5.60 Å². The second-order valence-corrected chi connectivity index (χ2v) is 8.34. The SMILES string of the molecule is CC(OCCOCCN(Cc1ccccc1)Cc1ccccc1)C(=O)OC(C)(C)C. The number of hydrogen-bond donors (Lipinski definition) is 0. The average Bonchev–Trinajstić information content (AvgIpc) is 2.70. The summed E-state index contributed by atoms with van der Waals surface area (Å²) in [5.74, 6) is -0.348. The minimum atomic E-state index is -0.597. The van der Waals surface area contributed by atoms with Gasteiger partial charge in [0.25, 0.3) is 0 Å². The van der Waals surface area contributed by atoms with Crippen molar-refractivity contribution in [1.29, 1.82) is 0 Å². The molecule has 2 aromatic rings. The van der Waals surface area contributed by atoms with Crippen LogP contribution >= 0.6 is 0 Å². The number of carbonyl (C=O) groups is 1. The van der Waals surface area contributed by atoms with E-state index in [9.17, 15) is 4.79 Å². The summed E-state index contributed by atoms with van der Waals surface area (Å²) in [6.07, 6.45) is -0.597. The zero-order valence-corrected chi connectivity index (χ0v) is 18.7. The molecule has 0 heterocycles. The van der Waals surface area contributed by atoms with Gasteiger partial charge in [0.15, 0.2) is 6.10 Å². The molecule has 1 unspecified atom stereocenters. The third kappa shape index (κ3) is 10.0. The van der Waals surface area contributed by atoms with Crippen LogP contribution in [0.1, 0.15) is 38.8 Å². The van der Waals surface area contributed by atoms with E-state index in [4.69, 9.17) is 14.2 Å². The smallest absolute Gasteiger partial charge is 0.335 e. The topological polar surface area (TPSA) is 48.0 Å². The van der Waals surface area contributed by atoms with Crippen LogP contribution in [0.25, 0.3) is 0 Å². The second kappa shape index (κ2) is 12.5. The lowest BCUT2D eigenvalue weighted by Gasteiger charge is -2.23. The van der Waals surface area contributed by atoms with Crippen LogP contribution in [0.4, 0.5) is 0 Å². The molecule has 5 heteroatoms. The molecule has 0 amide bonds. The summed E-state index contributed by atoms with van der Waals surface area (Å²) in [6.45, 7) is 11.2. The second-order valence-electron chi connectivity index (χ2n) is 8.34. The molecule has 0 N–H and O–H groups in total. The molecular weight excluding hydrogens is 378 g/mol. The maximum absolute atomic E-state index is 11.9. The molecule has 0 aliphatic heterocycles. The summed E-state index contributed by atoms with van der Waals surface area (Å²) in [7, 11) is 0. The third-order valence-corrected chi connectivity index (χ3v) is 4.38. The number of benzene rings is 2. The molecule has 0 aromatic heterocycles. The third-order valence-electron chi connectivity index (χ3n) is 4.38. The van der Waals surface area contributed by atoms with Gasteiger partial charge in [-0.25, -0.2) is 4.79 Å². The van der Waals surface area contributed by atoms with Crippen molar-refractivity contribution in [2.24, 2.45) is 0 Å². The molecule has 2 rings (SSSR count). The molecule has 0 bridgehead atoms. The molecule has 0 fully saturated rings. The molecule has 0 aliphatic rings. The Morgan fingerprint density at radius 1 is 0.867 bits per heavy atom. The minimum Gasteiger partial charge on any atom is -0.458 e. The first-order valence-electron chi connectivity index (χ1n) is 10.6. The van der Waals surface area contributed by atoms with Crippen molar-refractivity contribution in [1.82, 2.24) is 4.90 Å². The quantitative estimate of drug-likeness (QED) is 0.380. The number of esters is 1. The first-order chi connectivity index (χ1) is 14.3. The summed E-state index contributed by atoms with van der Waals surface area (Å²) in [5.41, 5.74) is 2.05. The van der Waals surface area contributed by atoms with E-state index >= 15 is 0 Å². The van der Waals surface area contributed by atoms with Crippen molar-refractivity contribution < 1.29 is 19.0 Å². The Morgan fingerprint density at radius 3 is 1.90 bits per heavy atom. The fraction of sp³-hybridized carbons (Fsp3) is 0.480. The van der Waals surface area contributed by atoms with Crippen LogP contribution in [0.2, 0.25) is 0 Å². The predicted molar refractivity (Wildman–Crippen MR) is 119 cm³/mol. The zero-order valence-electron chi connectivity index (χ0n) is 18.7. The Hall–Kier alpha value is -2.21. The van der Waals surface area contributed by atoms with Gasteiger partial charge < -0.3 is 14.2 Å². The number of carbonyl (C=O) groups excluding carboxylic acids is 1. The van der Waals surface area contributed by atoms with Crippen molar-refractivity contribution in [3.63, 3.8) is 0 Å². The maximum Gasteiger partial charge on any atom is 0.335 e. The van der Waals surface area contributed by atoms with Crippen molar-refractivity contribution in [3.8, 4) is 0 Å². The van der Waals surface area contributed by atoms with Gasteiger partial charge in [0.2, 0.25) is 0 Å². The summed E-state index contributed by atoms with van der Waals surface area (Å²) in [4.78, 5) is 14.3. The monoisotopic (exact) mass is 413 g/mol. The zero-order chi connectivity index (χ0) is 21.8. The van der Waals surface area contributed by atoms with Gasteiger partial charge in [-0.2, -0.15) is 0 Å². The van der Waals surface area contributed by atoms with Crippen LogP contribution in [0.15, 0.2) is 60.7 Å². The van der Waals surface area contributed by atoms with Gasteiger partial charge in [-0.05, 0) is 38.8 Å². The standard InChI is InChI=1S/C25H35NO4/c1-21(24(27)30-25(2,3)4)29-18-17-28-16-15-26(19-22-11-7-5-8-12-22)20-23-13-9-6-10-14-23/h5-14,21H,15-20H2,1-4H3. The molecule has 30 heavy (non-hydrogen) atoms. The van der Waals surface area contributed by atoms with Crippen LogP contribution in [-0.4, -0.2) is 48.9 Å². The predicted octanol–water partition coefficient (Wildman–Crippen LogP) is 4.45. The summed E-state index contributed by atoms with van der Waals surface area (Å²) in [6, 6.07) is 20.9. The van der Waals surface area contributed by atoms with Crippen LogP contribution < -0.4 is 0 Å². The molecule has 0 saturated carbocycles. The lowest BCUT2D eigenvalue weighted by Crippen LogP contribution is -2.32. The highest BCUT2D eigenvalue weighted by atomic mass is 16.6. The fourth-order valence-corrected chi connectivity index (χ4v) is 2.93. The van der Waals surface area contributed by atoms with Crippen molar-refractivity contribution in [2.75, 3.05) is 26.4 Å². The molecular formula is C25H35NO4. The van der Waals surface area contributed by atoms with E-state index in [0.717, 1.165) is 19.6 Å². The molecule has 5 nitrogen and oxygen atoms in total. The van der Waals surface area contributed by atoms with E-state index in [1.54, 1.807) is 6.92 Å². The Kier molecular flexibility index (Phi) is 10.0. The van der Waals surface area contributed by atoms with Crippen LogP contribution in [0, 0.1) is 0 Å². The highest BCUT2D eigenvalue weighted by Crippen LogP contribution is 2.11. The normalized spacial score (nSPS) is 12.7. The Labute approximate surface area is 180 Å². The van der Waals surface area contributed by atoms with Crippen molar-refractivity contribution in [3.05, 3.63) is 71.8 Å². The lowest BCUT2D eigenvalue weighted by atomic mass is 10.1. The van der Waals surface area contributed by atoms with Gasteiger partial charge in [0.05, 0.1) is 19.8 Å². The van der Waals surface area contributed by atoms with Gasteiger partial charge in [0, 0.05) is 19.6 Å². The first kappa shape index (κ1) is 24.1. The first-order valence-corrected chi connectivity index (χ1v) is 10.6. The molecule has 0 radical (unpaired) electrons. The Morgan fingerprint density at radius 2 is 1.40 bits per heavy atom. The highest BCUT2D eigenvalue weighted by Gasteiger charge is 2.21. The van der Waals surface area contributed by atoms with E-state index in [1.807, 2.05) is 32.9 Å². The number of hydrogen-bond acceptors (Lipinski definition) is 5. The summed E-state index contributed by atoms with van der Waals surface area (Å²) < 4.78 is 16.6. The summed E-state index contributed by atoms with van der Waals surface area (Å²) >= 11 is 0. The largest absolute Gasteiger partial charge is 0.458 e.